The lowest BCUT2D eigenvalue weighted by atomic mass is 9.89. The second-order valence-corrected chi connectivity index (χ2v) is 8.33. The highest BCUT2D eigenvalue weighted by atomic mass is 35.5. The van der Waals surface area contributed by atoms with Crippen LogP contribution in [0.4, 0.5) is 0 Å². The first-order valence-corrected chi connectivity index (χ1v) is 11.2. The van der Waals surface area contributed by atoms with E-state index in [9.17, 15) is 4.79 Å². The quantitative estimate of drug-likeness (QED) is 0.431. The first-order valence-electron chi connectivity index (χ1n) is 10.8. The number of benzene rings is 2. The topological polar surface area (TPSA) is 51.7 Å². The highest BCUT2D eigenvalue weighted by molar-refractivity contribution is 6.31. The molecule has 2 heterocycles. The number of methoxy groups -OCH3 is 2. The number of rotatable bonds is 7. The second kappa shape index (κ2) is 10.2. The van der Waals surface area contributed by atoms with Crippen molar-refractivity contribution in [1.82, 2.24) is 9.88 Å². The van der Waals surface area contributed by atoms with Crippen LogP contribution >= 0.6 is 11.6 Å². The Hall–Kier alpha value is -2.89. The molecule has 1 fully saturated rings. The van der Waals surface area contributed by atoms with Crippen LogP contribution in [0.5, 0.6) is 11.5 Å². The van der Waals surface area contributed by atoms with E-state index < -0.39 is 0 Å². The summed E-state index contributed by atoms with van der Waals surface area (Å²) in [7, 11) is 3.33. The van der Waals surface area contributed by atoms with Crippen LogP contribution in [0.2, 0.25) is 5.02 Å². The number of aromatic nitrogens is 1. The van der Waals surface area contributed by atoms with Gasteiger partial charge >= 0.3 is 0 Å². The fourth-order valence-electron chi connectivity index (χ4n) is 4.56. The molecule has 0 N–H and O–H groups in total. The lowest BCUT2D eigenvalue weighted by Gasteiger charge is -2.41. The molecule has 0 spiro atoms. The maximum absolute atomic E-state index is 12.1. The van der Waals surface area contributed by atoms with Gasteiger partial charge in [-0.3, -0.25) is 9.88 Å². The van der Waals surface area contributed by atoms with Gasteiger partial charge < -0.3 is 14.3 Å². The predicted octanol–water partition coefficient (Wildman–Crippen LogP) is 5.71. The zero-order chi connectivity index (χ0) is 22.5. The van der Waals surface area contributed by atoms with Gasteiger partial charge in [0.2, 0.25) is 0 Å². The number of ether oxygens (including phenoxy) is 2. The lowest BCUT2D eigenvalue weighted by Crippen LogP contribution is -2.42. The van der Waals surface area contributed by atoms with Gasteiger partial charge in [0.05, 0.1) is 31.5 Å². The minimum atomic E-state index is -0.210. The van der Waals surface area contributed by atoms with Gasteiger partial charge in [-0.25, -0.2) is 0 Å². The molecule has 1 aliphatic rings. The molecule has 0 aliphatic carbocycles. The molecule has 3 aromatic rings. The SMILES string of the molecule is COc1cccc(OC)c1C1CCCC(C=O)N1Cc1cc(-c2ccccn2)ccc1Cl. The van der Waals surface area contributed by atoms with Crippen molar-refractivity contribution in [3.63, 3.8) is 0 Å². The molecule has 0 bridgehead atoms. The Balaban J connectivity index is 1.74. The van der Waals surface area contributed by atoms with Crippen LogP contribution in [-0.2, 0) is 11.3 Å². The minimum Gasteiger partial charge on any atom is -0.496 e. The van der Waals surface area contributed by atoms with Gasteiger partial charge in [-0.05, 0) is 61.2 Å². The number of aldehydes is 1. The van der Waals surface area contributed by atoms with Crippen molar-refractivity contribution < 1.29 is 14.3 Å². The zero-order valence-electron chi connectivity index (χ0n) is 18.3. The normalized spacial score (nSPS) is 18.8. The van der Waals surface area contributed by atoms with Crippen LogP contribution in [0.1, 0.15) is 36.4 Å². The molecule has 1 aromatic heterocycles. The van der Waals surface area contributed by atoms with Crippen molar-refractivity contribution in [2.75, 3.05) is 14.2 Å². The van der Waals surface area contributed by atoms with Crippen LogP contribution in [0.25, 0.3) is 11.3 Å². The fraction of sp³-hybridized carbons (Fsp3) is 0.308. The number of hydrogen-bond acceptors (Lipinski definition) is 5. The van der Waals surface area contributed by atoms with E-state index in [2.05, 4.69) is 16.0 Å². The van der Waals surface area contributed by atoms with Crippen LogP contribution in [0.3, 0.4) is 0 Å². The number of piperidine rings is 1. The van der Waals surface area contributed by atoms with Crippen molar-refractivity contribution in [3.05, 3.63) is 76.9 Å². The summed E-state index contributed by atoms with van der Waals surface area (Å²) in [4.78, 5) is 18.8. The van der Waals surface area contributed by atoms with Crippen LogP contribution < -0.4 is 9.47 Å². The molecule has 0 radical (unpaired) electrons. The first kappa shape index (κ1) is 22.3. The number of pyridine rings is 1. The average Bonchev–Trinajstić information content (AvgIpc) is 2.85. The van der Waals surface area contributed by atoms with E-state index in [0.717, 1.165) is 59.4 Å². The van der Waals surface area contributed by atoms with Crippen molar-refractivity contribution in [2.24, 2.45) is 0 Å². The van der Waals surface area contributed by atoms with Gasteiger partial charge in [-0.1, -0.05) is 29.8 Å². The van der Waals surface area contributed by atoms with Crippen LogP contribution in [0, 0.1) is 0 Å². The largest absolute Gasteiger partial charge is 0.496 e. The number of carbonyl (C=O) groups is 1. The summed E-state index contributed by atoms with van der Waals surface area (Å²) in [5, 5.41) is 0.672. The monoisotopic (exact) mass is 450 g/mol. The fourth-order valence-corrected chi connectivity index (χ4v) is 4.74. The molecule has 0 saturated carbocycles. The Kier molecular flexibility index (Phi) is 7.08. The number of nitrogens with zero attached hydrogens (tertiary/aromatic N) is 2. The summed E-state index contributed by atoms with van der Waals surface area (Å²) in [5.41, 5.74) is 3.82. The number of carbonyl (C=O) groups excluding carboxylic acids is 1. The zero-order valence-corrected chi connectivity index (χ0v) is 19.1. The highest BCUT2D eigenvalue weighted by Crippen LogP contribution is 2.44. The standard InChI is InChI=1S/C26H27ClN2O3/c1-31-24-10-6-11-25(32-2)26(24)23-9-5-7-20(17-30)29(23)16-19-15-18(12-13-21(19)27)22-8-3-4-14-28-22/h3-4,6,8,10-15,17,20,23H,5,7,9,16H2,1-2H3. The minimum absolute atomic E-state index is 0.0281. The summed E-state index contributed by atoms with van der Waals surface area (Å²) in [6.45, 7) is 0.536. The van der Waals surface area contributed by atoms with E-state index in [0.29, 0.717) is 11.6 Å². The maximum Gasteiger partial charge on any atom is 0.137 e. The summed E-state index contributed by atoms with van der Waals surface area (Å²) in [6.07, 6.45) is 5.49. The van der Waals surface area contributed by atoms with E-state index >= 15 is 0 Å². The molecule has 1 aliphatic heterocycles. The Morgan fingerprint density at radius 2 is 1.84 bits per heavy atom. The first-order chi connectivity index (χ1) is 15.7. The van der Waals surface area contributed by atoms with E-state index in [1.165, 1.54) is 0 Å². The molecular formula is C26H27ClN2O3. The summed E-state index contributed by atoms with van der Waals surface area (Å²) in [6, 6.07) is 17.3. The van der Waals surface area contributed by atoms with Gasteiger partial charge in [-0.2, -0.15) is 0 Å². The highest BCUT2D eigenvalue weighted by Gasteiger charge is 2.35. The van der Waals surface area contributed by atoms with Gasteiger partial charge in [0.15, 0.2) is 0 Å². The molecule has 2 atom stereocenters. The van der Waals surface area contributed by atoms with Crippen molar-refractivity contribution in [2.45, 2.75) is 37.9 Å². The van der Waals surface area contributed by atoms with Crippen LogP contribution in [-0.4, -0.2) is 36.4 Å². The molecular weight excluding hydrogens is 424 g/mol. The van der Waals surface area contributed by atoms with E-state index in [1.807, 2.05) is 48.5 Å². The average molecular weight is 451 g/mol. The van der Waals surface area contributed by atoms with Gasteiger partial charge in [0, 0.05) is 29.4 Å². The molecule has 5 nitrogen and oxygen atoms in total. The molecule has 0 amide bonds. The molecule has 2 aromatic carbocycles. The Labute approximate surface area is 193 Å². The van der Waals surface area contributed by atoms with Crippen molar-refractivity contribution in [1.29, 1.82) is 0 Å². The third kappa shape index (κ3) is 4.50. The molecule has 6 heteroatoms. The number of likely N-dealkylation sites (tertiary alicyclic amines) is 1. The van der Waals surface area contributed by atoms with E-state index in [-0.39, 0.29) is 12.1 Å². The molecule has 4 rings (SSSR count). The summed E-state index contributed by atoms with van der Waals surface area (Å²) in [5.74, 6) is 1.53. The molecule has 2 unspecified atom stereocenters. The summed E-state index contributed by atoms with van der Waals surface area (Å²) >= 11 is 6.62. The Bertz CT molecular complexity index is 1050. The second-order valence-electron chi connectivity index (χ2n) is 7.92. The third-order valence-corrected chi connectivity index (χ3v) is 6.49. The molecule has 1 saturated heterocycles. The molecule has 32 heavy (non-hydrogen) atoms. The van der Waals surface area contributed by atoms with Crippen molar-refractivity contribution in [3.8, 4) is 22.8 Å². The maximum atomic E-state index is 12.1. The van der Waals surface area contributed by atoms with Crippen LogP contribution in [0.15, 0.2) is 60.8 Å². The van der Waals surface area contributed by atoms with Gasteiger partial charge in [-0.15, -0.1) is 0 Å². The van der Waals surface area contributed by atoms with Gasteiger partial charge in [0.25, 0.3) is 0 Å². The number of hydrogen-bond donors (Lipinski definition) is 0. The summed E-state index contributed by atoms with van der Waals surface area (Å²) < 4.78 is 11.4. The van der Waals surface area contributed by atoms with Crippen molar-refractivity contribution >= 4 is 17.9 Å². The smallest absolute Gasteiger partial charge is 0.137 e. The Morgan fingerprint density at radius 3 is 2.50 bits per heavy atom. The third-order valence-electron chi connectivity index (χ3n) is 6.12. The Morgan fingerprint density at radius 1 is 1.06 bits per heavy atom. The predicted molar refractivity (Wildman–Crippen MR) is 126 cm³/mol. The lowest BCUT2D eigenvalue weighted by molar-refractivity contribution is -0.115. The molecule has 166 valence electrons. The van der Waals surface area contributed by atoms with E-state index in [1.54, 1.807) is 20.4 Å². The van der Waals surface area contributed by atoms with Gasteiger partial charge in [0.1, 0.15) is 17.8 Å². The number of halogens is 1. The van der Waals surface area contributed by atoms with E-state index in [4.69, 9.17) is 21.1 Å².